The second-order valence-electron chi connectivity index (χ2n) is 9.83. The van der Waals surface area contributed by atoms with Crippen molar-refractivity contribution in [2.45, 2.75) is 53.3 Å². The van der Waals surface area contributed by atoms with Crippen LogP contribution in [0.25, 0.3) is 10.9 Å². The van der Waals surface area contributed by atoms with E-state index in [1.54, 1.807) is 40.0 Å². The molecule has 184 valence electrons. The van der Waals surface area contributed by atoms with Gasteiger partial charge in [-0.05, 0) is 75.9 Å². The third-order valence-corrected chi connectivity index (χ3v) is 6.41. The summed E-state index contributed by atoms with van der Waals surface area (Å²) in [5.74, 6) is -0.372. The first-order valence-corrected chi connectivity index (χ1v) is 11.5. The van der Waals surface area contributed by atoms with Crippen LogP contribution in [0.2, 0.25) is 0 Å². The molecule has 3 aromatic rings. The highest BCUT2D eigenvalue weighted by Gasteiger charge is 2.28. The molecule has 2 heterocycles. The summed E-state index contributed by atoms with van der Waals surface area (Å²) < 4.78 is 11.5. The lowest BCUT2D eigenvalue weighted by Crippen LogP contribution is -2.30. The fraction of sp³-hybridized carbons (Fsp3) is 0.423. The van der Waals surface area contributed by atoms with E-state index < -0.39 is 11.4 Å². The summed E-state index contributed by atoms with van der Waals surface area (Å²) in [7, 11) is 3.29. The Bertz CT molecular complexity index is 1360. The molecule has 35 heavy (non-hydrogen) atoms. The molecule has 0 bridgehead atoms. The van der Waals surface area contributed by atoms with E-state index in [1.165, 1.54) is 11.7 Å². The molecule has 0 spiro atoms. The van der Waals surface area contributed by atoms with Crippen molar-refractivity contribution >= 4 is 28.5 Å². The van der Waals surface area contributed by atoms with Crippen LogP contribution in [0.1, 0.15) is 60.7 Å². The predicted molar refractivity (Wildman–Crippen MR) is 131 cm³/mol. The number of methoxy groups -OCH3 is 1. The lowest BCUT2D eigenvalue weighted by Gasteiger charge is -2.27. The average Bonchev–Trinajstić information content (AvgIpc) is 3.24. The van der Waals surface area contributed by atoms with Crippen LogP contribution in [-0.4, -0.2) is 40.6 Å². The normalized spacial score (nSPS) is 15.1. The fourth-order valence-corrected chi connectivity index (χ4v) is 4.31. The first kappa shape index (κ1) is 24.4. The van der Waals surface area contributed by atoms with Gasteiger partial charge in [0.15, 0.2) is 6.73 Å². The summed E-state index contributed by atoms with van der Waals surface area (Å²) in [6.45, 7) is 6.86. The maximum atomic E-state index is 13.4. The maximum Gasteiger partial charge on any atom is 0.356 e. The monoisotopic (exact) mass is 478 g/mol. The number of pyridine rings is 1. The van der Waals surface area contributed by atoms with Crippen LogP contribution in [0, 0.1) is 12.3 Å². The molecular weight excluding hydrogens is 448 g/mol. The van der Waals surface area contributed by atoms with E-state index in [-0.39, 0.29) is 30.0 Å². The number of nitrogens with zero attached hydrogens (tertiary/aromatic N) is 4. The molecule has 0 saturated carbocycles. The molecular formula is C26H30N4O5. The van der Waals surface area contributed by atoms with Crippen LogP contribution in [-0.2, 0) is 27.4 Å². The van der Waals surface area contributed by atoms with Crippen LogP contribution >= 0.6 is 0 Å². The molecule has 0 amide bonds. The van der Waals surface area contributed by atoms with Gasteiger partial charge in [-0.3, -0.25) is 14.2 Å². The molecule has 0 radical (unpaired) electrons. The minimum Gasteiger partial charge on any atom is -0.464 e. The Morgan fingerprint density at radius 1 is 1.23 bits per heavy atom. The second kappa shape index (κ2) is 9.13. The molecule has 1 atom stereocenters. The summed E-state index contributed by atoms with van der Waals surface area (Å²) in [5, 5.41) is 0.487. The summed E-state index contributed by atoms with van der Waals surface area (Å²) in [6.07, 6.45) is 3.38. The SMILES string of the molecule is COC(=O)c1ccc(N(C)C2CCc3cc4nc(C)n(COC(=O)C(C)(C)C)c(=O)c4cc32)cn1. The van der Waals surface area contributed by atoms with Crippen LogP contribution in [0.5, 0.6) is 0 Å². The fourth-order valence-electron chi connectivity index (χ4n) is 4.31. The van der Waals surface area contributed by atoms with Gasteiger partial charge in [-0.25, -0.2) is 14.8 Å². The van der Waals surface area contributed by atoms with Gasteiger partial charge in [0.05, 0.1) is 41.4 Å². The summed E-state index contributed by atoms with van der Waals surface area (Å²) in [4.78, 5) is 48.2. The Kier molecular flexibility index (Phi) is 6.36. The molecule has 9 heteroatoms. The predicted octanol–water partition coefficient (Wildman–Crippen LogP) is 3.56. The zero-order valence-electron chi connectivity index (χ0n) is 20.9. The van der Waals surface area contributed by atoms with E-state index in [9.17, 15) is 14.4 Å². The molecule has 1 aliphatic carbocycles. The number of ether oxygens (including phenoxy) is 2. The van der Waals surface area contributed by atoms with Crippen LogP contribution in [0.15, 0.2) is 35.3 Å². The van der Waals surface area contributed by atoms with Crippen molar-refractivity contribution < 1.29 is 19.1 Å². The number of anilines is 1. The lowest BCUT2D eigenvalue weighted by molar-refractivity contribution is -0.157. The van der Waals surface area contributed by atoms with E-state index in [1.807, 2.05) is 25.2 Å². The number of esters is 2. The molecule has 9 nitrogen and oxygen atoms in total. The number of fused-ring (bicyclic) bond motifs is 2. The van der Waals surface area contributed by atoms with E-state index in [0.717, 1.165) is 29.7 Å². The van der Waals surface area contributed by atoms with Crippen molar-refractivity contribution in [2.75, 3.05) is 19.1 Å². The second-order valence-corrected chi connectivity index (χ2v) is 9.83. The van der Waals surface area contributed by atoms with E-state index in [0.29, 0.717) is 16.7 Å². The summed E-state index contributed by atoms with van der Waals surface area (Å²) in [6, 6.07) is 7.40. The van der Waals surface area contributed by atoms with Crippen molar-refractivity contribution in [3.05, 3.63) is 63.5 Å². The van der Waals surface area contributed by atoms with Gasteiger partial charge in [0.1, 0.15) is 11.5 Å². The van der Waals surface area contributed by atoms with Crippen LogP contribution in [0.4, 0.5) is 5.69 Å². The number of carbonyl (C=O) groups excluding carboxylic acids is 2. The smallest absolute Gasteiger partial charge is 0.356 e. The van der Waals surface area contributed by atoms with E-state index in [4.69, 9.17) is 9.47 Å². The Balaban J connectivity index is 1.66. The average molecular weight is 479 g/mol. The zero-order chi connectivity index (χ0) is 25.5. The third kappa shape index (κ3) is 4.62. The Hall–Kier alpha value is -3.75. The Labute approximate surface area is 203 Å². The quantitative estimate of drug-likeness (QED) is 0.513. The van der Waals surface area contributed by atoms with Crippen molar-refractivity contribution in [3.8, 4) is 0 Å². The zero-order valence-corrected chi connectivity index (χ0v) is 20.9. The lowest BCUT2D eigenvalue weighted by atomic mass is 9.98. The molecule has 0 aliphatic heterocycles. The van der Waals surface area contributed by atoms with Crippen molar-refractivity contribution in [1.29, 1.82) is 0 Å². The van der Waals surface area contributed by atoms with Crippen molar-refractivity contribution in [1.82, 2.24) is 14.5 Å². The highest BCUT2D eigenvalue weighted by atomic mass is 16.5. The Morgan fingerprint density at radius 2 is 1.97 bits per heavy atom. The van der Waals surface area contributed by atoms with Crippen molar-refractivity contribution in [2.24, 2.45) is 5.41 Å². The molecule has 1 unspecified atom stereocenters. The van der Waals surface area contributed by atoms with Gasteiger partial charge in [-0.15, -0.1) is 0 Å². The topological polar surface area (TPSA) is 104 Å². The minimum atomic E-state index is -0.662. The number of aryl methyl sites for hydroxylation is 2. The van der Waals surface area contributed by atoms with E-state index >= 15 is 0 Å². The number of hydrogen-bond donors (Lipinski definition) is 0. The number of aromatic nitrogens is 3. The summed E-state index contributed by atoms with van der Waals surface area (Å²) in [5.41, 5.74) is 3.03. The maximum absolute atomic E-state index is 13.4. The largest absolute Gasteiger partial charge is 0.464 e. The highest BCUT2D eigenvalue weighted by molar-refractivity contribution is 5.87. The number of benzene rings is 1. The van der Waals surface area contributed by atoms with Gasteiger partial charge in [0.2, 0.25) is 0 Å². The van der Waals surface area contributed by atoms with Gasteiger partial charge in [0.25, 0.3) is 5.56 Å². The molecule has 2 aromatic heterocycles. The first-order chi connectivity index (χ1) is 16.5. The van der Waals surface area contributed by atoms with Gasteiger partial charge in [-0.2, -0.15) is 0 Å². The molecule has 0 N–H and O–H groups in total. The van der Waals surface area contributed by atoms with Gasteiger partial charge in [-0.1, -0.05) is 0 Å². The minimum absolute atomic E-state index is 0.0352. The number of rotatable bonds is 5. The third-order valence-electron chi connectivity index (χ3n) is 6.41. The van der Waals surface area contributed by atoms with Crippen LogP contribution in [0.3, 0.4) is 0 Å². The summed E-state index contributed by atoms with van der Waals surface area (Å²) >= 11 is 0. The standard InChI is InChI=1S/C26H30N4O5/c1-15-28-21-11-16-7-10-22(29(5)17-8-9-20(27-13-17)24(32)34-6)18(16)12-19(21)23(31)30(15)14-35-25(33)26(2,3)4/h8-9,11-13,22H,7,10,14H2,1-6H3. The first-order valence-electron chi connectivity index (χ1n) is 11.5. The number of hydrogen-bond acceptors (Lipinski definition) is 8. The van der Waals surface area contributed by atoms with Gasteiger partial charge < -0.3 is 14.4 Å². The molecule has 0 saturated heterocycles. The molecule has 4 rings (SSSR count). The highest BCUT2D eigenvalue weighted by Crippen LogP contribution is 2.38. The van der Waals surface area contributed by atoms with Gasteiger partial charge in [0, 0.05) is 7.05 Å². The number of carbonyl (C=O) groups is 2. The Morgan fingerprint density at radius 3 is 2.60 bits per heavy atom. The van der Waals surface area contributed by atoms with Crippen LogP contribution < -0.4 is 10.5 Å². The van der Waals surface area contributed by atoms with Crippen molar-refractivity contribution in [3.63, 3.8) is 0 Å². The van der Waals surface area contributed by atoms with E-state index in [2.05, 4.69) is 14.9 Å². The van der Waals surface area contributed by atoms with Gasteiger partial charge >= 0.3 is 11.9 Å². The molecule has 0 fully saturated rings. The molecule has 1 aliphatic rings. The molecule has 1 aromatic carbocycles.